The van der Waals surface area contributed by atoms with Crippen molar-refractivity contribution in [3.05, 3.63) is 58.1 Å². The highest BCUT2D eigenvalue weighted by molar-refractivity contribution is 7.92. The van der Waals surface area contributed by atoms with Crippen molar-refractivity contribution < 1.29 is 22.7 Å². The average molecular weight is 573 g/mol. The molecule has 0 saturated heterocycles. The first-order chi connectivity index (χ1) is 17.4. The summed E-state index contributed by atoms with van der Waals surface area (Å²) in [7, 11) is -2.13. The molecule has 0 unspecified atom stereocenters. The van der Waals surface area contributed by atoms with Gasteiger partial charge < -0.3 is 15.0 Å². The Hall–Kier alpha value is -2.49. The van der Waals surface area contributed by atoms with E-state index in [0.717, 1.165) is 22.5 Å². The van der Waals surface area contributed by atoms with Crippen LogP contribution in [0.15, 0.2) is 42.5 Å². The first-order valence-electron chi connectivity index (χ1n) is 12.0. The number of anilines is 1. The van der Waals surface area contributed by atoms with Gasteiger partial charge in [-0.2, -0.15) is 0 Å². The predicted octanol–water partition coefficient (Wildman–Crippen LogP) is 4.88. The van der Waals surface area contributed by atoms with Gasteiger partial charge in [0.1, 0.15) is 11.8 Å². The van der Waals surface area contributed by atoms with Crippen LogP contribution in [0.2, 0.25) is 10.0 Å². The number of nitrogens with zero attached hydrogens (tertiary/aromatic N) is 2. The highest BCUT2D eigenvalue weighted by Gasteiger charge is 2.27. The number of sulfonamides is 1. The molecule has 8 nitrogen and oxygen atoms in total. The summed E-state index contributed by atoms with van der Waals surface area (Å²) in [5, 5.41) is 3.50. The SMILES string of the molecule is CC[C@@H](C)NC(=O)[C@H](C)N(Cc1cccc(OC)c1)C(=O)CCCN(c1cc(Cl)ccc1Cl)S(C)(=O)=O. The monoisotopic (exact) mass is 571 g/mol. The van der Waals surface area contributed by atoms with Crippen molar-refractivity contribution >= 4 is 50.7 Å². The van der Waals surface area contributed by atoms with Crippen LogP contribution in [0.3, 0.4) is 0 Å². The summed E-state index contributed by atoms with van der Waals surface area (Å²) >= 11 is 12.3. The van der Waals surface area contributed by atoms with Gasteiger partial charge in [0.2, 0.25) is 21.8 Å². The summed E-state index contributed by atoms with van der Waals surface area (Å²) in [6.45, 7) is 5.77. The summed E-state index contributed by atoms with van der Waals surface area (Å²) in [5.41, 5.74) is 1.05. The third-order valence-corrected chi connectivity index (χ3v) is 7.72. The number of benzene rings is 2. The van der Waals surface area contributed by atoms with Crippen molar-refractivity contribution in [2.45, 2.75) is 58.7 Å². The van der Waals surface area contributed by atoms with E-state index in [1.165, 1.54) is 17.0 Å². The number of hydrogen-bond donors (Lipinski definition) is 1. The molecule has 2 aromatic carbocycles. The van der Waals surface area contributed by atoms with Crippen molar-refractivity contribution in [1.29, 1.82) is 0 Å². The first-order valence-corrected chi connectivity index (χ1v) is 14.6. The molecule has 0 radical (unpaired) electrons. The van der Waals surface area contributed by atoms with E-state index in [4.69, 9.17) is 27.9 Å². The normalized spacial score (nSPS) is 12.9. The zero-order chi connectivity index (χ0) is 27.8. The number of methoxy groups -OCH3 is 1. The van der Waals surface area contributed by atoms with Gasteiger partial charge in [-0.05, 0) is 62.6 Å². The molecule has 0 heterocycles. The molecular weight excluding hydrogens is 537 g/mol. The summed E-state index contributed by atoms with van der Waals surface area (Å²) in [6, 6.07) is 11.1. The van der Waals surface area contributed by atoms with Crippen LogP contribution < -0.4 is 14.4 Å². The van der Waals surface area contributed by atoms with Gasteiger partial charge in [-0.3, -0.25) is 13.9 Å². The number of halogens is 2. The standard InChI is InChI=1S/C26H35Cl2N3O5S/c1-6-18(2)29-26(33)19(3)30(17-20-9-7-10-22(15-20)36-4)25(32)11-8-14-31(37(5,34)35)24-16-21(27)12-13-23(24)28/h7,9-10,12-13,15-16,18-19H,6,8,11,14,17H2,1-5H3,(H,29,33)/t18-,19+/m1/s1. The molecular formula is C26H35Cl2N3O5S. The Bertz CT molecular complexity index is 1190. The third-order valence-electron chi connectivity index (χ3n) is 5.98. The fourth-order valence-electron chi connectivity index (χ4n) is 3.68. The zero-order valence-electron chi connectivity index (χ0n) is 21.8. The molecule has 37 heavy (non-hydrogen) atoms. The molecule has 0 aliphatic heterocycles. The van der Waals surface area contributed by atoms with Gasteiger partial charge in [0.25, 0.3) is 0 Å². The molecule has 0 spiro atoms. The maximum atomic E-state index is 13.4. The number of nitrogens with one attached hydrogen (secondary N) is 1. The van der Waals surface area contributed by atoms with Crippen LogP contribution in [0, 0.1) is 0 Å². The van der Waals surface area contributed by atoms with Gasteiger partial charge in [0.05, 0.1) is 24.1 Å². The van der Waals surface area contributed by atoms with Crippen LogP contribution in [0.1, 0.15) is 45.6 Å². The van der Waals surface area contributed by atoms with E-state index >= 15 is 0 Å². The second-order valence-corrected chi connectivity index (χ2v) is 11.7. The predicted molar refractivity (Wildman–Crippen MR) is 149 cm³/mol. The Balaban J connectivity index is 2.23. The lowest BCUT2D eigenvalue weighted by Gasteiger charge is -2.30. The smallest absolute Gasteiger partial charge is 0.242 e. The lowest BCUT2D eigenvalue weighted by molar-refractivity contribution is -0.140. The number of ether oxygens (including phenoxy) is 1. The molecule has 2 aromatic rings. The Labute approximate surface area is 229 Å². The van der Waals surface area contributed by atoms with Gasteiger partial charge in [0, 0.05) is 30.6 Å². The van der Waals surface area contributed by atoms with Crippen LogP contribution in [0.4, 0.5) is 5.69 Å². The Morgan fingerprint density at radius 1 is 1.11 bits per heavy atom. The molecule has 0 fully saturated rings. The van der Waals surface area contributed by atoms with E-state index in [-0.39, 0.29) is 54.5 Å². The number of amides is 2. The van der Waals surface area contributed by atoms with Crippen molar-refractivity contribution in [3.8, 4) is 5.75 Å². The molecule has 1 N–H and O–H groups in total. The van der Waals surface area contributed by atoms with Gasteiger partial charge in [-0.1, -0.05) is 42.3 Å². The molecule has 204 valence electrons. The molecule has 0 aliphatic rings. The topological polar surface area (TPSA) is 96.0 Å². The molecule has 0 bridgehead atoms. The van der Waals surface area contributed by atoms with E-state index in [2.05, 4.69) is 5.32 Å². The quantitative estimate of drug-likeness (QED) is 0.369. The Morgan fingerprint density at radius 2 is 1.81 bits per heavy atom. The van der Waals surface area contributed by atoms with Crippen LogP contribution in [0.5, 0.6) is 5.75 Å². The van der Waals surface area contributed by atoms with Crippen LogP contribution in [-0.2, 0) is 26.2 Å². The summed E-state index contributed by atoms with van der Waals surface area (Å²) in [6.07, 6.45) is 2.07. The highest BCUT2D eigenvalue weighted by Crippen LogP contribution is 2.31. The molecule has 2 rings (SSSR count). The Kier molecular flexibility index (Phi) is 11.5. The molecule has 2 amide bonds. The second kappa shape index (κ2) is 13.9. The van der Waals surface area contributed by atoms with E-state index in [1.807, 2.05) is 32.0 Å². The molecule has 2 atom stereocenters. The highest BCUT2D eigenvalue weighted by atomic mass is 35.5. The van der Waals surface area contributed by atoms with Crippen LogP contribution in [0.25, 0.3) is 0 Å². The number of carbonyl (C=O) groups is 2. The molecule has 11 heteroatoms. The summed E-state index contributed by atoms with van der Waals surface area (Å²) < 4.78 is 31.4. The first kappa shape index (κ1) is 30.7. The van der Waals surface area contributed by atoms with Gasteiger partial charge in [-0.25, -0.2) is 8.42 Å². The summed E-state index contributed by atoms with van der Waals surface area (Å²) in [4.78, 5) is 27.8. The van der Waals surface area contributed by atoms with E-state index in [1.54, 1.807) is 26.2 Å². The fraction of sp³-hybridized carbons (Fsp3) is 0.462. The number of carbonyl (C=O) groups excluding carboxylic acids is 2. The lowest BCUT2D eigenvalue weighted by Crippen LogP contribution is -2.49. The Morgan fingerprint density at radius 3 is 2.43 bits per heavy atom. The minimum Gasteiger partial charge on any atom is -0.497 e. The van der Waals surface area contributed by atoms with E-state index < -0.39 is 16.1 Å². The number of hydrogen-bond acceptors (Lipinski definition) is 5. The molecule has 0 aliphatic carbocycles. The van der Waals surface area contributed by atoms with Crippen molar-refractivity contribution in [2.24, 2.45) is 0 Å². The average Bonchev–Trinajstić information content (AvgIpc) is 2.85. The summed E-state index contributed by atoms with van der Waals surface area (Å²) in [5.74, 6) is 0.109. The maximum absolute atomic E-state index is 13.4. The van der Waals surface area contributed by atoms with E-state index in [0.29, 0.717) is 10.8 Å². The molecule has 0 saturated carbocycles. The minimum absolute atomic E-state index is 0.0189. The van der Waals surface area contributed by atoms with Gasteiger partial charge in [-0.15, -0.1) is 0 Å². The van der Waals surface area contributed by atoms with Crippen molar-refractivity contribution in [3.63, 3.8) is 0 Å². The fourth-order valence-corrected chi connectivity index (χ4v) is 5.08. The molecule has 0 aromatic heterocycles. The van der Waals surface area contributed by atoms with Crippen LogP contribution in [-0.4, -0.2) is 57.1 Å². The van der Waals surface area contributed by atoms with Crippen LogP contribution >= 0.6 is 23.2 Å². The van der Waals surface area contributed by atoms with Crippen molar-refractivity contribution in [1.82, 2.24) is 10.2 Å². The largest absolute Gasteiger partial charge is 0.497 e. The van der Waals surface area contributed by atoms with Gasteiger partial charge in [0.15, 0.2) is 0 Å². The number of rotatable bonds is 13. The zero-order valence-corrected chi connectivity index (χ0v) is 24.2. The minimum atomic E-state index is -3.69. The maximum Gasteiger partial charge on any atom is 0.242 e. The second-order valence-electron chi connectivity index (χ2n) is 8.90. The van der Waals surface area contributed by atoms with E-state index in [9.17, 15) is 18.0 Å². The third kappa shape index (κ3) is 9.09. The van der Waals surface area contributed by atoms with Gasteiger partial charge >= 0.3 is 0 Å². The lowest BCUT2D eigenvalue weighted by atomic mass is 10.1. The van der Waals surface area contributed by atoms with Crippen molar-refractivity contribution in [2.75, 3.05) is 24.2 Å².